The van der Waals surface area contributed by atoms with Gasteiger partial charge in [-0.15, -0.1) is 0 Å². The Morgan fingerprint density at radius 2 is 2.06 bits per heavy atom. The summed E-state index contributed by atoms with van der Waals surface area (Å²) in [6, 6.07) is 12.4. The summed E-state index contributed by atoms with van der Waals surface area (Å²) in [6.45, 7) is 3.89. The van der Waals surface area contributed by atoms with Crippen LogP contribution in [0.15, 0.2) is 48.7 Å². The highest BCUT2D eigenvalue weighted by Gasteiger charge is 2.30. The van der Waals surface area contributed by atoms with Crippen LogP contribution >= 0.6 is 11.6 Å². The Hall–Kier alpha value is -3.69. The molecule has 2 heterocycles. The molecule has 1 aliphatic heterocycles. The van der Waals surface area contributed by atoms with E-state index in [9.17, 15) is 14.7 Å². The molecule has 2 unspecified atom stereocenters. The number of amides is 2. The van der Waals surface area contributed by atoms with Crippen LogP contribution in [0.2, 0.25) is 5.02 Å². The van der Waals surface area contributed by atoms with Gasteiger partial charge in [-0.3, -0.25) is 9.59 Å². The number of carbonyl (C=O) groups is 2. The number of rotatable bonds is 9. The van der Waals surface area contributed by atoms with Crippen molar-refractivity contribution in [3.8, 4) is 17.0 Å². The lowest BCUT2D eigenvalue weighted by Gasteiger charge is -2.19. The largest absolute Gasteiger partial charge is 0.497 e. The lowest BCUT2D eigenvalue weighted by molar-refractivity contribution is -0.122. The van der Waals surface area contributed by atoms with Crippen molar-refractivity contribution in [3.63, 3.8) is 0 Å². The van der Waals surface area contributed by atoms with Crippen LogP contribution in [0.4, 0.5) is 5.95 Å². The van der Waals surface area contributed by atoms with Gasteiger partial charge in [0.2, 0.25) is 11.9 Å². The zero-order chi connectivity index (χ0) is 25.8. The summed E-state index contributed by atoms with van der Waals surface area (Å²) in [6.07, 6.45) is 1.48. The number of ether oxygens (including phenoxy) is 1. The highest BCUT2D eigenvalue weighted by Crippen LogP contribution is 2.31. The van der Waals surface area contributed by atoms with Crippen molar-refractivity contribution < 1.29 is 19.4 Å². The molecule has 1 aromatic heterocycles. The number of nitrogens with zero attached hydrogens (tertiary/aromatic N) is 3. The number of halogens is 1. The molecule has 3 aromatic rings. The molecule has 4 rings (SSSR count). The number of fused-ring (bicyclic) bond motifs is 1. The van der Waals surface area contributed by atoms with Gasteiger partial charge in [-0.05, 0) is 43.2 Å². The van der Waals surface area contributed by atoms with Crippen LogP contribution < -0.4 is 15.4 Å². The molecule has 0 fully saturated rings. The van der Waals surface area contributed by atoms with Gasteiger partial charge < -0.3 is 25.4 Å². The number of benzene rings is 2. The van der Waals surface area contributed by atoms with Crippen LogP contribution in [0.25, 0.3) is 11.3 Å². The molecule has 0 bridgehead atoms. The summed E-state index contributed by atoms with van der Waals surface area (Å²) in [7, 11) is 1.59. The number of aliphatic hydroxyl groups is 1. The van der Waals surface area contributed by atoms with Crippen LogP contribution in [-0.2, 0) is 11.3 Å². The Morgan fingerprint density at radius 3 is 2.81 bits per heavy atom. The summed E-state index contributed by atoms with van der Waals surface area (Å²) in [5, 5.41) is 15.5. The highest BCUT2D eigenvalue weighted by atomic mass is 35.5. The van der Waals surface area contributed by atoms with Gasteiger partial charge in [-0.25, -0.2) is 9.97 Å². The Labute approximate surface area is 214 Å². The first-order valence-electron chi connectivity index (χ1n) is 11.5. The predicted molar refractivity (Wildman–Crippen MR) is 137 cm³/mol. The molecule has 0 spiro atoms. The normalized spacial score (nSPS) is 14.2. The lowest BCUT2D eigenvalue weighted by Crippen LogP contribution is -2.38. The molecule has 9 nitrogen and oxygen atoms in total. The molecule has 0 aliphatic carbocycles. The SMILES string of the molecule is COc1cccc(C(C)NC(=O)CN2Cc3ccc(-c4nc(NC(C)CO)ncc4Cl)cc3C2=O)c1. The monoisotopic (exact) mass is 509 g/mol. The molecule has 10 heteroatoms. The van der Waals surface area contributed by atoms with Gasteiger partial charge in [-0.2, -0.15) is 0 Å². The number of anilines is 1. The molecular formula is C26H28ClN5O4. The van der Waals surface area contributed by atoms with E-state index in [4.69, 9.17) is 16.3 Å². The van der Waals surface area contributed by atoms with Gasteiger partial charge in [0.1, 0.15) is 12.3 Å². The second-order valence-corrected chi connectivity index (χ2v) is 9.12. The first-order valence-corrected chi connectivity index (χ1v) is 11.9. The van der Waals surface area contributed by atoms with Crippen molar-refractivity contribution in [3.05, 3.63) is 70.4 Å². The number of carbonyl (C=O) groups excluding carboxylic acids is 2. The van der Waals surface area contributed by atoms with E-state index in [1.807, 2.05) is 43.3 Å². The van der Waals surface area contributed by atoms with Crippen LogP contribution in [0.3, 0.4) is 0 Å². The Bertz CT molecular complexity index is 1280. The molecule has 188 valence electrons. The number of hydrogen-bond acceptors (Lipinski definition) is 7. The van der Waals surface area contributed by atoms with Crippen molar-refractivity contribution in [2.75, 3.05) is 25.6 Å². The number of methoxy groups -OCH3 is 1. The zero-order valence-corrected chi connectivity index (χ0v) is 21.0. The van der Waals surface area contributed by atoms with Crippen LogP contribution in [-0.4, -0.2) is 58.1 Å². The van der Waals surface area contributed by atoms with E-state index in [-0.39, 0.29) is 37.0 Å². The number of aliphatic hydroxyl groups excluding tert-OH is 1. The van der Waals surface area contributed by atoms with Crippen molar-refractivity contribution in [2.24, 2.45) is 0 Å². The second kappa shape index (κ2) is 10.9. The number of aromatic nitrogens is 2. The summed E-state index contributed by atoms with van der Waals surface area (Å²) in [5.74, 6) is 0.558. The van der Waals surface area contributed by atoms with Gasteiger partial charge in [0.25, 0.3) is 5.91 Å². The van der Waals surface area contributed by atoms with Crippen molar-refractivity contribution in [1.82, 2.24) is 20.2 Å². The predicted octanol–water partition coefficient (Wildman–Crippen LogP) is 3.43. The average molecular weight is 510 g/mol. The molecule has 0 radical (unpaired) electrons. The van der Waals surface area contributed by atoms with Gasteiger partial charge in [-0.1, -0.05) is 35.9 Å². The van der Waals surface area contributed by atoms with Crippen molar-refractivity contribution in [1.29, 1.82) is 0 Å². The van der Waals surface area contributed by atoms with Crippen molar-refractivity contribution in [2.45, 2.75) is 32.5 Å². The minimum absolute atomic E-state index is 0.0570. The fourth-order valence-corrected chi connectivity index (χ4v) is 4.20. The van der Waals surface area contributed by atoms with Gasteiger partial charge in [0.15, 0.2) is 0 Å². The number of hydrogen-bond donors (Lipinski definition) is 3. The quantitative estimate of drug-likeness (QED) is 0.404. The van der Waals surface area contributed by atoms with Gasteiger partial charge in [0.05, 0.1) is 36.7 Å². The van der Waals surface area contributed by atoms with E-state index in [1.165, 1.54) is 11.1 Å². The minimum Gasteiger partial charge on any atom is -0.497 e. The van der Waals surface area contributed by atoms with E-state index in [1.54, 1.807) is 20.1 Å². The summed E-state index contributed by atoms with van der Waals surface area (Å²) >= 11 is 6.35. The molecule has 2 aromatic carbocycles. The van der Waals surface area contributed by atoms with E-state index in [0.29, 0.717) is 40.1 Å². The molecule has 3 N–H and O–H groups in total. The first-order chi connectivity index (χ1) is 17.3. The van der Waals surface area contributed by atoms with Crippen LogP contribution in [0, 0.1) is 0 Å². The Morgan fingerprint density at radius 1 is 1.25 bits per heavy atom. The second-order valence-electron chi connectivity index (χ2n) is 8.72. The van der Waals surface area contributed by atoms with Gasteiger partial charge in [0, 0.05) is 23.7 Å². The maximum Gasteiger partial charge on any atom is 0.254 e. The maximum absolute atomic E-state index is 13.1. The van der Waals surface area contributed by atoms with E-state index >= 15 is 0 Å². The topological polar surface area (TPSA) is 117 Å². The summed E-state index contributed by atoms with van der Waals surface area (Å²) < 4.78 is 5.25. The summed E-state index contributed by atoms with van der Waals surface area (Å²) in [4.78, 5) is 36.0. The van der Waals surface area contributed by atoms with E-state index in [0.717, 1.165) is 11.1 Å². The van der Waals surface area contributed by atoms with Crippen LogP contribution in [0.1, 0.15) is 41.4 Å². The number of nitrogens with one attached hydrogen (secondary N) is 2. The third-order valence-corrected chi connectivity index (χ3v) is 6.24. The average Bonchev–Trinajstić information content (AvgIpc) is 3.19. The molecule has 2 atom stereocenters. The Balaban J connectivity index is 1.46. The fourth-order valence-electron chi connectivity index (χ4n) is 4.00. The summed E-state index contributed by atoms with van der Waals surface area (Å²) in [5.41, 5.74) is 3.38. The molecule has 1 aliphatic rings. The van der Waals surface area contributed by atoms with E-state index < -0.39 is 0 Å². The van der Waals surface area contributed by atoms with Crippen molar-refractivity contribution >= 4 is 29.4 Å². The molecule has 0 saturated heterocycles. The highest BCUT2D eigenvalue weighted by molar-refractivity contribution is 6.33. The van der Waals surface area contributed by atoms with E-state index in [2.05, 4.69) is 20.6 Å². The fraction of sp³-hybridized carbons (Fsp3) is 0.308. The molecule has 36 heavy (non-hydrogen) atoms. The smallest absolute Gasteiger partial charge is 0.254 e. The molecular weight excluding hydrogens is 482 g/mol. The molecule has 0 saturated carbocycles. The van der Waals surface area contributed by atoms with Gasteiger partial charge >= 0.3 is 0 Å². The van der Waals surface area contributed by atoms with Crippen LogP contribution in [0.5, 0.6) is 5.75 Å². The lowest BCUT2D eigenvalue weighted by atomic mass is 10.0. The third-order valence-electron chi connectivity index (χ3n) is 5.96. The zero-order valence-electron chi connectivity index (χ0n) is 20.3. The maximum atomic E-state index is 13.1. The third kappa shape index (κ3) is 5.58. The minimum atomic E-state index is -0.251. The Kier molecular flexibility index (Phi) is 7.71. The first kappa shape index (κ1) is 25.4. The molecule has 2 amide bonds. The standard InChI is InChI=1S/C26H28ClN5O4/c1-15(14-33)29-26-28-11-22(27)24(31-26)18-7-8-19-12-32(25(35)21(19)10-18)13-23(34)30-16(2)17-5-4-6-20(9-17)36-3/h4-11,15-16,33H,12-14H2,1-3H3,(H,30,34)(H,28,29,31).